The molecule has 5 nitrogen and oxygen atoms in total. The van der Waals surface area contributed by atoms with Gasteiger partial charge in [0.1, 0.15) is 5.82 Å². The number of halogens is 1. The van der Waals surface area contributed by atoms with Crippen LogP contribution in [0.3, 0.4) is 0 Å². The number of nitrogens with one attached hydrogen (secondary N) is 1. The van der Waals surface area contributed by atoms with Gasteiger partial charge in [-0.25, -0.2) is 4.39 Å². The van der Waals surface area contributed by atoms with Crippen molar-refractivity contribution in [2.45, 2.75) is 32.4 Å². The van der Waals surface area contributed by atoms with Crippen molar-refractivity contribution in [3.63, 3.8) is 0 Å². The van der Waals surface area contributed by atoms with Gasteiger partial charge in [-0.1, -0.05) is 30.3 Å². The molecule has 1 fully saturated rings. The number of benzene rings is 2. The summed E-state index contributed by atoms with van der Waals surface area (Å²) >= 11 is 0. The normalized spacial score (nSPS) is 15.1. The lowest BCUT2D eigenvalue weighted by Crippen LogP contribution is -2.48. The van der Waals surface area contributed by atoms with Gasteiger partial charge < -0.3 is 10.2 Å². The first-order valence-electron chi connectivity index (χ1n) is 10.2. The topological polar surface area (TPSA) is 52.7 Å². The maximum atomic E-state index is 13.4. The minimum absolute atomic E-state index is 0.0449. The molecule has 0 aliphatic carbocycles. The minimum atomic E-state index is -0.286. The molecule has 0 spiro atoms. The van der Waals surface area contributed by atoms with Crippen molar-refractivity contribution in [1.29, 1.82) is 0 Å². The molecule has 0 saturated carbocycles. The number of hydrogen-bond donors (Lipinski definition) is 1. The Kier molecular flexibility index (Phi) is 7.36. The Labute approximate surface area is 171 Å². The summed E-state index contributed by atoms with van der Waals surface area (Å²) in [5.41, 5.74) is 1.46. The van der Waals surface area contributed by atoms with Gasteiger partial charge in [-0.3, -0.25) is 14.5 Å². The largest absolute Gasteiger partial charge is 0.349 e. The molecule has 154 valence electrons. The zero-order valence-electron chi connectivity index (χ0n) is 16.8. The summed E-state index contributed by atoms with van der Waals surface area (Å²) < 4.78 is 13.4. The lowest BCUT2D eigenvalue weighted by atomic mass is 10.0. The molecule has 1 aliphatic rings. The molecule has 0 atom stereocenters. The summed E-state index contributed by atoms with van der Waals surface area (Å²) in [7, 11) is 0. The molecule has 29 heavy (non-hydrogen) atoms. The summed E-state index contributed by atoms with van der Waals surface area (Å²) in [5, 5.41) is 3.08. The van der Waals surface area contributed by atoms with Crippen LogP contribution in [-0.4, -0.2) is 53.8 Å². The van der Waals surface area contributed by atoms with Crippen molar-refractivity contribution in [2.24, 2.45) is 0 Å². The average Bonchev–Trinajstić information content (AvgIpc) is 2.74. The maximum Gasteiger partial charge on any atom is 0.251 e. The third-order valence-corrected chi connectivity index (χ3v) is 5.31. The van der Waals surface area contributed by atoms with E-state index in [0.29, 0.717) is 25.2 Å². The van der Waals surface area contributed by atoms with Crippen LogP contribution in [0.2, 0.25) is 0 Å². The van der Waals surface area contributed by atoms with E-state index in [1.54, 1.807) is 23.1 Å². The van der Waals surface area contributed by atoms with Crippen LogP contribution < -0.4 is 5.32 Å². The van der Waals surface area contributed by atoms with Crippen LogP contribution in [0.4, 0.5) is 4.39 Å². The molecule has 0 radical (unpaired) electrons. The van der Waals surface area contributed by atoms with Crippen molar-refractivity contribution in [3.8, 4) is 0 Å². The lowest BCUT2D eigenvalue weighted by Gasteiger charge is -2.33. The molecule has 2 aromatic rings. The Morgan fingerprint density at radius 1 is 1.10 bits per heavy atom. The van der Waals surface area contributed by atoms with Crippen molar-refractivity contribution < 1.29 is 14.0 Å². The standard InChI is InChI=1S/C23H28FN3O2/c1-2-27(16-18-7-6-10-20(24)15-18)22(28)17-26-13-11-21(12-14-26)25-23(29)19-8-4-3-5-9-19/h3-10,15,21H,2,11-14,16-17H2,1H3,(H,25,29). The van der Waals surface area contributed by atoms with E-state index in [4.69, 9.17) is 0 Å². The molecule has 1 aliphatic heterocycles. The second-order valence-corrected chi connectivity index (χ2v) is 7.43. The van der Waals surface area contributed by atoms with Gasteiger partial charge in [0, 0.05) is 37.8 Å². The number of likely N-dealkylation sites (N-methyl/N-ethyl adjacent to an activating group) is 1. The summed E-state index contributed by atoms with van der Waals surface area (Å²) in [4.78, 5) is 28.9. The second kappa shape index (κ2) is 10.2. The SMILES string of the molecule is CCN(Cc1cccc(F)c1)C(=O)CN1CCC(NC(=O)c2ccccc2)CC1. The molecule has 2 aromatic carbocycles. The summed E-state index contributed by atoms with van der Waals surface area (Å²) in [5.74, 6) is -0.290. The van der Waals surface area contributed by atoms with Gasteiger partial charge in [0.25, 0.3) is 5.91 Å². The molecule has 3 rings (SSSR count). The molecule has 0 bridgehead atoms. The predicted octanol–water partition coefficient (Wildman–Crippen LogP) is 3.07. The first-order valence-corrected chi connectivity index (χ1v) is 10.2. The first kappa shape index (κ1) is 21.0. The Morgan fingerprint density at radius 2 is 1.83 bits per heavy atom. The fourth-order valence-electron chi connectivity index (χ4n) is 3.62. The molecule has 6 heteroatoms. The highest BCUT2D eigenvalue weighted by molar-refractivity contribution is 5.94. The van der Waals surface area contributed by atoms with Crippen molar-refractivity contribution in [3.05, 3.63) is 71.5 Å². The van der Waals surface area contributed by atoms with Gasteiger partial charge >= 0.3 is 0 Å². The summed E-state index contributed by atoms with van der Waals surface area (Å²) in [6, 6.07) is 15.7. The van der Waals surface area contributed by atoms with Crippen molar-refractivity contribution in [1.82, 2.24) is 15.1 Å². The predicted molar refractivity (Wildman–Crippen MR) is 111 cm³/mol. The molecular formula is C23H28FN3O2. The van der Waals surface area contributed by atoms with E-state index in [1.807, 2.05) is 31.2 Å². The molecular weight excluding hydrogens is 369 g/mol. The smallest absolute Gasteiger partial charge is 0.251 e. The third kappa shape index (κ3) is 6.12. The molecule has 2 amide bonds. The second-order valence-electron chi connectivity index (χ2n) is 7.43. The monoisotopic (exact) mass is 397 g/mol. The van der Waals surface area contributed by atoms with Crippen LogP contribution in [0.15, 0.2) is 54.6 Å². The number of carbonyl (C=O) groups is 2. The zero-order chi connectivity index (χ0) is 20.6. The van der Waals surface area contributed by atoms with Crippen LogP contribution >= 0.6 is 0 Å². The van der Waals surface area contributed by atoms with Crippen LogP contribution in [0.5, 0.6) is 0 Å². The molecule has 1 heterocycles. The van der Waals surface area contributed by atoms with Crippen LogP contribution in [0.25, 0.3) is 0 Å². The number of carbonyl (C=O) groups excluding carboxylic acids is 2. The maximum absolute atomic E-state index is 13.4. The van der Waals surface area contributed by atoms with Gasteiger partial charge in [-0.05, 0) is 49.6 Å². The Balaban J connectivity index is 1.45. The fourth-order valence-corrected chi connectivity index (χ4v) is 3.62. The highest BCUT2D eigenvalue weighted by Gasteiger charge is 2.24. The highest BCUT2D eigenvalue weighted by atomic mass is 19.1. The first-order chi connectivity index (χ1) is 14.0. The van der Waals surface area contributed by atoms with Gasteiger partial charge in [0.2, 0.25) is 5.91 Å². The number of amides is 2. The van der Waals surface area contributed by atoms with E-state index in [9.17, 15) is 14.0 Å². The minimum Gasteiger partial charge on any atom is -0.349 e. The van der Waals surface area contributed by atoms with E-state index < -0.39 is 0 Å². The molecule has 0 unspecified atom stereocenters. The van der Waals surface area contributed by atoms with E-state index in [1.165, 1.54) is 12.1 Å². The third-order valence-electron chi connectivity index (χ3n) is 5.31. The van der Waals surface area contributed by atoms with Crippen molar-refractivity contribution in [2.75, 3.05) is 26.2 Å². The van der Waals surface area contributed by atoms with E-state index in [-0.39, 0.29) is 23.7 Å². The molecule has 0 aromatic heterocycles. The fraction of sp³-hybridized carbons (Fsp3) is 0.391. The van der Waals surface area contributed by atoms with Gasteiger partial charge in [-0.2, -0.15) is 0 Å². The Hall–Kier alpha value is -2.73. The number of piperidine rings is 1. The highest BCUT2D eigenvalue weighted by Crippen LogP contribution is 2.13. The Bertz CT molecular complexity index is 820. The van der Waals surface area contributed by atoms with Gasteiger partial charge in [0.15, 0.2) is 0 Å². The van der Waals surface area contributed by atoms with E-state index in [2.05, 4.69) is 10.2 Å². The van der Waals surface area contributed by atoms with Crippen LogP contribution in [0, 0.1) is 5.82 Å². The van der Waals surface area contributed by atoms with E-state index >= 15 is 0 Å². The molecule has 1 saturated heterocycles. The van der Waals surface area contributed by atoms with Crippen LogP contribution in [-0.2, 0) is 11.3 Å². The quantitative estimate of drug-likeness (QED) is 0.781. The number of hydrogen-bond acceptors (Lipinski definition) is 3. The number of nitrogens with zero attached hydrogens (tertiary/aromatic N) is 2. The van der Waals surface area contributed by atoms with Crippen LogP contribution in [0.1, 0.15) is 35.7 Å². The lowest BCUT2D eigenvalue weighted by molar-refractivity contribution is -0.133. The van der Waals surface area contributed by atoms with E-state index in [0.717, 1.165) is 31.5 Å². The number of likely N-dealkylation sites (tertiary alicyclic amines) is 1. The summed E-state index contributed by atoms with van der Waals surface area (Å²) in [6.45, 7) is 4.81. The average molecular weight is 397 g/mol. The molecule has 1 N–H and O–H groups in total. The summed E-state index contributed by atoms with van der Waals surface area (Å²) in [6.07, 6.45) is 1.64. The Morgan fingerprint density at radius 3 is 2.48 bits per heavy atom. The van der Waals surface area contributed by atoms with Gasteiger partial charge in [0.05, 0.1) is 6.54 Å². The number of rotatable bonds is 7. The zero-order valence-corrected chi connectivity index (χ0v) is 16.8. The van der Waals surface area contributed by atoms with Crippen molar-refractivity contribution >= 4 is 11.8 Å². The van der Waals surface area contributed by atoms with Gasteiger partial charge in [-0.15, -0.1) is 0 Å².